The molecule has 0 atom stereocenters. The number of furan rings is 1. The minimum Gasteiger partial charge on any atom is -0.460 e. The molecule has 2 N–H and O–H groups in total. The number of amides is 1. The van der Waals surface area contributed by atoms with Crippen molar-refractivity contribution in [2.75, 3.05) is 20.3 Å². The van der Waals surface area contributed by atoms with Crippen LogP contribution in [0.5, 0.6) is 0 Å². The van der Waals surface area contributed by atoms with E-state index in [0.29, 0.717) is 12.4 Å². The molecule has 0 bridgehead atoms. The molecule has 0 saturated carbocycles. The van der Waals surface area contributed by atoms with E-state index in [-0.39, 0.29) is 29.3 Å². The molecule has 0 aliphatic heterocycles. The van der Waals surface area contributed by atoms with Crippen LogP contribution in [0, 0.1) is 11.3 Å². The van der Waals surface area contributed by atoms with Crippen LogP contribution in [-0.4, -0.2) is 34.6 Å². The molecule has 0 aliphatic carbocycles. The van der Waals surface area contributed by atoms with E-state index in [1.807, 2.05) is 0 Å². The first-order valence-electron chi connectivity index (χ1n) is 7.98. The molecule has 0 radical (unpaired) electrons. The number of nitriles is 1. The summed E-state index contributed by atoms with van der Waals surface area (Å²) in [6, 6.07) is 12.9. The van der Waals surface area contributed by atoms with Crippen LogP contribution in [0.1, 0.15) is 11.5 Å². The van der Waals surface area contributed by atoms with E-state index < -0.39 is 15.9 Å². The summed E-state index contributed by atoms with van der Waals surface area (Å²) in [5.41, 5.74) is -0.128. The zero-order chi connectivity index (χ0) is 19.7. The number of sulfonamides is 1. The van der Waals surface area contributed by atoms with Gasteiger partial charge in [0.2, 0.25) is 10.0 Å². The highest BCUT2D eigenvalue weighted by atomic mass is 32.2. The first kappa shape index (κ1) is 20.4. The molecule has 0 unspecified atom stereocenters. The lowest BCUT2D eigenvalue weighted by Crippen LogP contribution is -2.27. The third-order valence-electron chi connectivity index (χ3n) is 3.42. The van der Waals surface area contributed by atoms with Crippen LogP contribution in [0.2, 0.25) is 0 Å². The minimum absolute atomic E-state index is 0.0625. The number of carbonyl (C=O) groups is 1. The quantitative estimate of drug-likeness (QED) is 0.380. The number of carbonyl (C=O) groups excluding carboxylic acids is 1. The average Bonchev–Trinajstić information content (AvgIpc) is 3.13. The maximum absolute atomic E-state index is 12.2. The maximum atomic E-state index is 12.2. The molecule has 8 nitrogen and oxygen atoms in total. The van der Waals surface area contributed by atoms with E-state index in [1.54, 1.807) is 36.4 Å². The van der Waals surface area contributed by atoms with Crippen LogP contribution < -0.4 is 10.0 Å². The molecule has 1 aromatic heterocycles. The molecule has 142 valence electrons. The maximum Gasteiger partial charge on any atom is 0.262 e. The van der Waals surface area contributed by atoms with E-state index in [0.717, 1.165) is 0 Å². The van der Waals surface area contributed by atoms with E-state index in [9.17, 15) is 13.2 Å². The van der Waals surface area contributed by atoms with Gasteiger partial charge in [0.15, 0.2) is 0 Å². The molecule has 1 aromatic carbocycles. The molecule has 9 heteroatoms. The van der Waals surface area contributed by atoms with E-state index in [2.05, 4.69) is 10.0 Å². The number of hydrogen-bond acceptors (Lipinski definition) is 6. The highest BCUT2D eigenvalue weighted by molar-refractivity contribution is 7.89. The van der Waals surface area contributed by atoms with E-state index in [4.69, 9.17) is 14.4 Å². The van der Waals surface area contributed by atoms with Gasteiger partial charge in [-0.25, -0.2) is 13.1 Å². The fourth-order valence-corrected chi connectivity index (χ4v) is 3.08. The van der Waals surface area contributed by atoms with Gasteiger partial charge in [-0.1, -0.05) is 18.2 Å². The number of ether oxygens (including phenoxy) is 1. The number of hydrogen-bond donors (Lipinski definition) is 2. The van der Waals surface area contributed by atoms with Crippen LogP contribution in [-0.2, 0) is 26.1 Å². The van der Waals surface area contributed by atoms with Crippen LogP contribution in [0.4, 0.5) is 0 Å². The second-order valence-electron chi connectivity index (χ2n) is 5.36. The summed E-state index contributed by atoms with van der Waals surface area (Å²) in [6.45, 7) is 0.545. The predicted molar refractivity (Wildman–Crippen MR) is 97.7 cm³/mol. The Morgan fingerprint density at radius 2 is 2.00 bits per heavy atom. The van der Waals surface area contributed by atoms with Gasteiger partial charge in [0.1, 0.15) is 23.2 Å². The van der Waals surface area contributed by atoms with Gasteiger partial charge in [-0.3, -0.25) is 4.79 Å². The molecule has 27 heavy (non-hydrogen) atoms. The van der Waals surface area contributed by atoms with Crippen LogP contribution in [0.25, 0.3) is 6.08 Å². The van der Waals surface area contributed by atoms with Gasteiger partial charge in [0.05, 0.1) is 18.0 Å². The standard InChI is InChI=1S/C18H19N3O5S/c1-25-10-9-20-18(22)14(12-19)11-15-7-8-16(26-15)13-21-27(23,24)17-5-3-2-4-6-17/h2-8,11,21H,9-10,13H2,1H3,(H,20,22)/b14-11+. The Hall–Kier alpha value is -2.93. The average molecular weight is 389 g/mol. The van der Waals surface area contributed by atoms with Crippen molar-refractivity contribution in [3.8, 4) is 6.07 Å². The minimum atomic E-state index is -3.66. The van der Waals surface area contributed by atoms with Crippen molar-refractivity contribution in [2.45, 2.75) is 11.4 Å². The second-order valence-corrected chi connectivity index (χ2v) is 7.13. The predicted octanol–water partition coefficient (Wildman–Crippen LogP) is 1.43. The van der Waals surface area contributed by atoms with Gasteiger partial charge in [0, 0.05) is 19.7 Å². The number of benzene rings is 1. The SMILES string of the molecule is COCCNC(=O)/C(C#N)=C/c1ccc(CNS(=O)(=O)c2ccccc2)o1. The van der Waals surface area contributed by atoms with Crippen LogP contribution in [0.3, 0.4) is 0 Å². The monoisotopic (exact) mass is 389 g/mol. The summed E-state index contributed by atoms with van der Waals surface area (Å²) in [6.07, 6.45) is 1.29. The number of rotatable bonds is 9. The van der Waals surface area contributed by atoms with Crippen molar-refractivity contribution in [2.24, 2.45) is 0 Å². The first-order valence-corrected chi connectivity index (χ1v) is 9.47. The summed E-state index contributed by atoms with van der Waals surface area (Å²) < 4.78 is 37.1. The third-order valence-corrected chi connectivity index (χ3v) is 4.83. The van der Waals surface area contributed by atoms with Crippen molar-refractivity contribution in [1.82, 2.24) is 10.0 Å². The molecule has 2 rings (SSSR count). The Morgan fingerprint density at radius 1 is 1.26 bits per heavy atom. The summed E-state index contributed by atoms with van der Waals surface area (Å²) in [4.78, 5) is 12.0. The van der Waals surface area contributed by atoms with Crippen molar-refractivity contribution in [3.05, 3.63) is 59.6 Å². The number of methoxy groups -OCH3 is 1. The molecule has 0 fully saturated rings. The molecular weight excluding hydrogens is 370 g/mol. The Morgan fingerprint density at radius 3 is 2.67 bits per heavy atom. The van der Waals surface area contributed by atoms with Gasteiger partial charge in [0.25, 0.3) is 5.91 Å². The highest BCUT2D eigenvalue weighted by Crippen LogP contribution is 2.14. The lowest BCUT2D eigenvalue weighted by Gasteiger charge is -2.04. The smallest absolute Gasteiger partial charge is 0.262 e. The van der Waals surface area contributed by atoms with Crippen molar-refractivity contribution >= 4 is 22.0 Å². The lowest BCUT2D eigenvalue weighted by molar-refractivity contribution is -0.117. The highest BCUT2D eigenvalue weighted by Gasteiger charge is 2.14. The molecule has 2 aromatic rings. The van der Waals surface area contributed by atoms with Gasteiger partial charge >= 0.3 is 0 Å². The van der Waals surface area contributed by atoms with Gasteiger partial charge in [-0.2, -0.15) is 5.26 Å². The van der Waals surface area contributed by atoms with Gasteiger partial charge < -0.3 is 14.5 Å². The Kier molecular flexibility index (Phi) is 7.31. The molecule has 0 aliphatic rings. The largest absolute Gasteiger partial charge is 0.460 e. The summed E-state index contributed by atoms with van der Waals surface area (Å²) >= 11 is 0. The van der Waals surface area contributed by atoms with Crippen LogP contribution in [0.15, 0.2) is 57.4 Å². The van der Waals surface area contributed by atoms with Gasteiger partial charge in [-0.15, -0.1) is 0 Å². The number of nitrogens with zero attached hydrogens (tertiary/aromatic N) is 1. The summed E-state index contributed by atoms with van der Waals surface area (Å²) in [5.74, 6) is 0.0671. The van der Waals surface area contributed by atoms with E-state index >= 15 is 0 Å². The fourth-order valence-electron chi connectivity index (χ4n) is 2.07. The molecule has 1 amide bonds. The van der Waals surface area contributed by atoms with E-state index in [1.165, 1.54) is 25.3 Å². The summed E-state index contributed by atoms with van der Waals surface area (Å²) in [5, 5.41) is 11.7. The molecule has 0 spiro atoms. The zero-order valence-electron chi connectivity index (χ0n) is 14.6. The first-order chi connectivity index (χ1) is 13.0. The second kappa shape index (κ2) is 9.68. The molecule has 1 heterocycles. The van der Waals surface area contributed by atoms with Crippen LogP contribution >= 0.6 is 0 Å². The Labute approximate surface area is 157 Å². The fraction of sp³-hybridized carbons (Fsp3) is 0.222. The third kappa shape index (κ3) is 6.07. The Bertz CT molecular complexity index is 943. The van der Waals surface area contributed by atoms with Crippen molar-refractivity contribution in [1.29, 1.82) is 5.26 Å². The van der Waals surface area contributed by atoms with Gasteiger partial charge in [-0.05, 0) is 24.3 Å². The number of nitrogens with one attached hydrogen (secondary N) is 2. The molecule has 0 saturated heterocycles. The summed E-state index contributed by atoms with van der Waals surface area (Å²) in [7, 11) is -2.15. The zero-order valence-corrected chi connectivity index (χ0v) is 15.5. The Balaban J connectivity index is 2.01. The van der Waals surface area contributed by atoms with Crippen molar-refractivity contribution in [3.63, 3.8) is 0 Å². The normalized spacial score (nSPS) is 11.8. The lowest BCUT2D eigenvalue weighted by atomic mass is 10.2. The van der Waals surface area contributed by atoms with Crippen molar-refractivity contribution < 1.29 is 22.4 Å². The topological polar surface area (TPSA) is 121 Å². The molecular formula is C18H19N3O5S.